The number of ether oxygens (including phenoxy) is 1. The topological polar surface area (TPSA) is 56.6 Å². The summed E-state index contributed by atoms with van der Waals surface area (Å²) in [5.41, 5.74) is 1.37. The molecule has 0 saturated heterocycles. The Hall–Kier alpha value is -2.68. The predicted molar refractivity (Wildman–Crippen MR) is 85.5 cm³/mol. The fourth-order valence-corrected chi connectivity index (χ4v) is 3.51. The molecule has 0 aliphatic carbocycles. The zero-order valence-corrected chi connectivity index (χ0v) is 13.3. The van der Waals surface area contributed by atoms with Gasteiger partial charge in [0.25, 0.3) is 0 Å². The van der Waals surface area contributed by atoms with Crippen molar-refractivity contribution < 1.29 is 22.7 Å². The van der Waals surface area contributed by atoms with Gasteiger partial charge in [0.1, 0.15) is 16.9 Å². The molecule has 0 saturated carbocycles. The second-order valence-corrected chi connectivity index (χ2v) is 6.40. The van der Waals surface area contributed by atoms with E-state index in [9.17, 15) is 13.2 Å². The Kier molecular flexibility index (Phi) is 3.79. The molecule has 3 aromatic rings. The molecule has 0 fully saturated rings. The molecule has 128 valence electrons. The molecule has 3 heterocycles. The lowest BCUT2D eigenvalue weighted by Crippen LogP contribution is -2.17. The SMILES string of the molecule is FC(F)(F)Oc1ccc(C2=NOC(c3cc4cncnc4s3)C2)cc1. The number of oxime groups is 1. The Balaban J connectivity index is 1.48. The Labute approximate surface area is 143 Å². The number of hydrogen-bond acceptors (Lipinski definition) is 6. The van der Waals surface area contributed by atoms with Crippen LogP contribution in [0.15, 0.2) is 48.0 Å². The number of aromatic nitrogens is 2. The van der Waals surface area contributed by atoms with Crippen molar-refractivity contribution in [1.29, 1.82) is 0 Å². The third-order valence-corrected chi connectivity index (χ3v) is 4.77. The number of halogens is 3. The van der Waals surface area contributed by atoms with Gasteiger partial charge in [-0.25, -0.2) is 9.97 Å². The van der Waals surface area contributed by atoms with E-state index >= 15 is 0 Å². The molecule has 1 aromatic carbocycles. The van der Waals surface area contributed by atoms with E-state index in [2.05, 4.69) is 19.9 Å². The lowest BCUT2D eigenvalue weighted by atomic mass is 10.0. The summed E-state index contributed by atoms with van der Waals surface area (Å²) in [6, 6.07) is 7.54. The van der Waals surface area contributed by atoms with Crippen molar-refractivity contribution in [3.05, 3.63) is 53.3 Å². The smallest absolute Gasteiger partial charge is 0.406 e. The molecule has 1 aliphatic heterocycles. The summed E-state index contributed by atoms with van der Waals surface area (Å²) in [7, 11) is 0. The van der Waals surface area contributed by atoms with Crippen LogP contribution < -0.4 is 4.74 Å². The van der Waals surface area contributed by atoms with E-state index in [1.54, 1.807) is 6.20 Å². The normalized spacial score (nSPS) is 17.4. The minimum atomic E-state index is -4.70. The first-order valence-electron chi connectivity index (χ1n) is 7.26. The van der Waals surface area contributed by atoms with Gasteiger partial charge in [-0.2, -0.15) is 0 Å². The lowest BCUT2D eigenvalue weighted by Gasteiger charge is -2.09. The molecule has 5 nitrogen and oxygen atoms in total. The van der Waals surface area contributed by atoms with E-state index in [1.165, 1.54) is 41.9 Å². The van der Waals surface area contributed by atoms with Gasteiger partial charge in [0, 0.05) is 18.0 Å². The maximum absolute atomic E-state index is 12.2. The molecular weight excluding hydrogens is 355 g/mol. The molecule has 0 N–H and O–H groups in total. The fourth-order valence-electron chi connectivity index (χ4n) is 2.52. The highest BCUT2D eigenvalue weighted by molar-refractivity contribution is 7.18. The Bertz CT molecular complexity index is 905. The molecule has 2 aromatic heterocycles. The maximum atomic E-state index is 12.2. The van der Waals surface area contributed by atoms with Gasteiger partial charge in [0.15, 0.2) is 6.10 Å². The van der Waals surface area contributed by atoms with Crippen LogP contribution in [-0.2, 0) is 4.84 Å². The Morgan fingerprint density at radius 3 is 2.72 bits per heavy atom. The van der Waals surface area contributed by atoms with Gasteiger partial charge in [-0.15, -0.1) is 24.5 Å². The first-order chi connectivity index (χ1) is 12.0. The minimum absolute atomic E-state index is 0.236. The van der Waals surface area contributed by atoms with Crippen LogP contribution in [0, 0.1) is 0 Å². The summed E-state index contributed by atoms with van der Waals surface area (Å²) in [6.07, 6.45) is -1.19. The first-order valence-corrected chi connectivity index (χ1v) is 8.08. The number of rotatable bonds is 3. The van der Waals surface area contributed by atoms with Crippen molar-refractivity contribution in [1.82, 2.24) is 9.97 Å². The summed E-state index contributed by atoms with van der Waals surface area (Å²) in [4.78, 5) is 15.5. The standard InChI is InChI=1S/C16H10F3N3O2S/c17-16(18,19)23-11-3-1-9(2-4-11)12-6-13(24-22-12)14-5-10-7-20-8-21-15(10)25-14/h1-5,7-8,13H,6H2. The van der Waals surface area contributed by atoms with E-state index in [4.69, 9.17) is 4.84 Å². The van der Waals surface area contributed by atoms with Crippen LogP contribution in [0.1, 0.15) is 23.0 Å². The van der Waals surface area contributed by atoms with Crippen molar-refractivity contribution in [3.63, 3.8) is 0 Å². The summed E-state index contributed by atoms with van der Waals surface area (Å²) < 4.78 is 40.4. The molecule has 9 heteroatoms. The second kappa shape index (κ2) is 5.99. The molecule has 1 atom stereocenters. The van der Waals surface area contributed by atoms with E-state index < -0.39 is 6.36 Å². The summed E-state index contributed by atoms with van der Waals surface area (Å²) >= 11 is 1.51. The van der Waals surface area contributed by atoms with Gasteiger partial charge < -0.3 is 9.57 Å². The summed E-state index contributed by atoms with van der Waals surface area (Å²) in [6.45, 7) is 0. The van der Waals surface area contributed by atoms with E-state index in [0.29, 0.717) is 17.7 Å². The molecule has 0 spiro atoms. The van der Waals surface area contributed by atoms with Crippen LogP contribution in [0.5, 0.6) is 5.75 Å². The predicted octanol–water partition coefficient (Wildman–Crippen LogP) is 4.46. The number of fused-ring (bicyclic) bond motifs is 1. The molecule has 4 rings (SSSR count). The first kappa shape index (κ1) is 15.8. The van der Waals surface area contributed by atoms with Crippen molar-refractivity contribution in [2.75, 3.05) is 0 Å². The van der Waals surface area contributed by atoms with Crippen LogP contribution in [0.25, 0.3) is 10.2 Å². The highest BCUT2D eigenvalue weighted by atomic mass is 32.1. The van der Waals surface area contributed by atoms with Crippen molar-refractivity contribution >= 4 is 27.3 Å². The highest BCUT2D eigenvalue weighted by Crippen LogP contribution is 2.36. The van der Waals surface area contributed by atoms with Crippen molar-refractivity contribution in [3.8, 4) is 5.75 Å². The van der Waals surface area contributed by atoms with Gasteiger partial charge in [-0.05, 0) is 35.9 Å². The molecule has 0 amide bonds. The lowest BCUT2D eigenvalue weighted by molar-refractivity contribution is -0.274. The number of thiophene rings is 1. The third-order valence-electron chi connectivity index (χ3n) is 3.62. The van der Waals surface area contributed by atoms with E-state index in [0.717, 1.165) is 15.1 Å². The zero-order chi connectivity index (χ0) is 17.4. The average Bonchev–Trinajstić information content (AvgIpc) is 3.21. The van der Waals surface area contributed by atoms with Crippen molar-refractivity contribution in [2.45, 2.75) is 18.9 Å². The number of benzene rings is 1. The van der Waals surface area contributed by atoms with Crippen LogP contribution in [0.3, 0.4) is 0 Å². The average molecular weight is 365 g/mol. The molecule has 1 aliphatic rings. The van der Waals surface area contributed by atoms with Crippen LogP contribution >= 0.6 is 11.3 Å². The highest BCUT2D eigenvalue weighted by Gasteiger charge is 2.31. The fraction of sp³-hybridized carbons (Fsp3) is 0.188. The monoisotopic (exact) mass is 365 g/mol. The quantitative estimate of drug-likeness (QED) is 0.688. The largest absolute Gasteiger partial charge is 0.573 e. The third kappa shape index (κ3) is 3.41. The second-order valence-electron chi connectivity index (χ2n) is 5.34. The summed E-state index contributed by atoms with van der Waals surface area (Å²) in [5, 5.41) is 5.00. The van der Waals surface area contributed by atoms with E-state index in [-0.39, 0.29) is 11.9 Å². The Morgan fingerprint density at radius 2 is 2.00 bits per heavy atom. The van der Waals surface area contributed by atoms with Crippen LogP contribution in [0.2, 0.25) is 0 Å². The maximum Gasteiger partial charge on any atom is 0.573 e. The van der Waals surface area contributed by atoms with Gasteiger partial charge in [-0.3, -0.25) is 0 Å². The van der Waals surface area contributed by atoms with Gasteiger partial charge in [-0.1, -0.05) is 5.16 Å². The van der Waals surface area contributed by atoms with E-state index in [1.807, 2.05) is 6.07 Å². The van der Waals surface area contributed by atoms with Gasteiger partial charge in [0.05, 0.1) is 10.6 Å². The van der Waals surface area contributed by atoms with Crippen LogP contribution in [0.4, 0.5) is 13.2 Å². The minimum Gasteiger partial charge on any atom is -0.406 e. The van der Waals surface area contributed by atoms with Gasteiger partial charge >= 0.3 is 6.36 Å². The molecular formula is C16H10F3N3O2S. The number of nitrogens with zero attached hydrogens (tertiary/aromatic N) is 3. The Morgan fingerprint density at radius 1 is 1.20 bits per heavy atom. The van der Waals surface area contributed by atoms with Gasteiger partial charge in [0.2, 0.25) is 0 Å². The molecule has 0 bridgehead atoms. The van der Waals surface area contributed by atoms with Crippen molar-refractivity contribution in [2.24, 2.45) is 5.16 Å². The number of hydrogen-bond donors (Lipinski definition) is 0. The molecule has 1 unspecified atom stereocenters. The molecule has 0 radical (unpaired) electrons. The van der Waals surface area contributed by atoms with Crippen LogP contribution in [-0.4, -0.2) is 22.0 Å². The number of alkyl halides is 3. The summed E-state index contributed by atoms with van der Waals surface area (Å²) in [5.74, 6) is -0.268. The molecule has 25 heavy (non-hydrogen) atoms. The zero-order valence-electron chi connectivity index (χ0n) is 12.5.